The number of hydrogen-bond donors (Lipinski definition) is 1. The molecule has 1 N–H and O–H groups in total. The van der Waals surface area contributed by atoms with E-state index in [0.717, 1.165) is 5.82 Å². The zero-order valence-electron chi connectivity index (χ0n) is 13.5. The first-order chi connectivity index (χ1) is 11.5. The smallest absolute Gasteiger partial charge is 0.337 e. The Morgan fingerprint density at radius 2 is 2.21 bits per heavy atom. The fourth-order valence-corrected chi connectivity index (χ4v) is 2.77. The van der Waals surface area contributed by atoms with Crippen LogP contribution in [0.25, 0.3) is 0 Å². The van der Waals surface area contributed by atoms with E-state index < -0.39 is 5.97 Å². The molecule has 1 aromatic carbocycles. The highest BCUT2D eigenvalue weighted by Crippen LogP contribution is 2.18. The minimum absolute atomic E-state index is 0.178. The lowest BCUT2D eigenvalue weighted by molar-refractivity contribution is -0.113. The molecule has 126 valence electrons. The molecular weight excluding hydrogens is 328 g/mol. The Balaban J connectivity index is 1.97. The van der Waals surface area contributed by atoms with Crippen molar-refractivity contribution in [1.82, 2.24) is 14.8 Å². The standard InChI is InChI=1S/C16H18N4O3S/c1-4-8-20-11(2)18-19-16(20)24-10-14(21)17-13-7-5-6-12(9-13)15(22)23-3/h4-7,9H,1,8,10H2,2-3H3,(H,17,21). The number of ether oxygens (including phenoxy) is 1. The van der Waals surface area contributed by atoms with Crippen LogP contribution in [0.4, 0.5) is 5.69 Å². The quantitative estimate of drug-likeness (QED) is 0.470. The highest BCUT2D eigenvalue weighted by molar-refractivity contribution is 7.99. The van der Waals surface area contributed by atoms with Crippen molar-refractivity contribution in [3.05, 3.63) is 48.3 Å². The number of aromatic nitrogens is 3. The molecule has 2 rings (SSSR count). The summed E-state index contributed by atoms with van der Waals surface area (Å²) < 4.78 is 6.54. The predicted octanol–water partition coefficient (Wildman–Crippen LogP) is 2.29. The van der Waals surface area contributed by atoms with E-state index in [1.807, 2.05) is 11.5 Å². The number of thioether (sulfide) groups is 1. The van der Waals surface area contributed by atoms with E-state index in [1.165, 1.54) is 18.9 Å². The number of carbonyl (C=O) groups is 2. The van der Waals surface area contributed by atoms with Crippen LogP contribution in [0.3, 0.4) is 0 Å². The van der Waals surface area contributed by atoms with E-state index in [9.17, 15) is 9.59 Å². The van der Waals surface area contributed by atoms with Crippen molar-refractivity contribution in [3.8, 4) is 0 Å². The summed E-state index contributed by atoms with van der Waals surface area (Å²) in [6.07, 6.45) is 1.75. The third-order valence-electron chi connectivity index (χ3n) is 3.11. The molecule has 0 aliphatic heterocycles. The van der Waals surface area contributed by atoms with Crippen LogP contribution in [-0.4, -0.2) is 39.5 Å². The molecule has 0 radical (unpaired) electrons. The fourth-order valence-electron chi connectivity index (χ4n) is 1.98. The van der Waals surface area contributed by atoms with Crippen molar-refractivity contribution in [2.75, 3.05) is 18.2 Å². The third-order valence-corrected chi connectivity index (χ3v) is 4.08. The van der Waals surface area contributed by atoms with Crippen LogP contribution >= 0.6 is 11.8 Å². The molecule has 0 bridgehead atoms. The lowest BCUT2D eigenvalue weighted by Gasteiger charge is -2.07. The van der Waals surface area contributed by atoms with Gasteiger partial charge in [-0.25, -0.2) is 4.79 Å². The second kappa shape index (κ2) is 8.30. The Bertz CT molecular complexity index is 758. The number of rotatable bonds is 7. The Hall–Kier alpha value is -2.61. The molecule has 1 aromatic heterocycles. The average Bonchev–Trinajstić information content (AvgIpc) is 2.93. The number of benzene rings is 1. The molecule has 0 spiro atoms. The van der Waals surface area contributed by atoms with Crippen LogP contribution in [0.5, 0.6) is 0 Å². The Morgan fingerprint density at radius 3 is 2.92 bits per heavy atom. The van der Waals surface area contributed by atoms with Gasteiger partial charge < -0.3 is 14.6 Å². The summed E-state index contributed by atoms with van der Waals surface area (Å²) in [5, 5.41) is 11.5. The average molecular weight is 346 g/mol. The van der Waals surface area contributed by atoms with Crippen molar-refractivity contribution < 1.29 is 14.3 Å². The number of anilines is 1. The Kier molecular flexibility index (Phi) is 6.14. The minimum atomic E-state index is -0.450. The second-order valence-electron chi connectivity index (χ2n) is 4.84. The second-order valence-corrected chi connectivity index (χ2v) is 5.78. The first-order valence-corrected chi connectivity index (χ1v) is 8.15. The van der Waals surface area contributed by atoms with E-state index in [4.69, 9.17) is 0 Å². The van der Waals surface area contributed by atoms with Gasteiger partial charge in [-0.05, 0) is 25.1 Å². The van der Waals surface area contributed by atoms with Gasteiger partial charge in [-0.1, -0.05) is 23.9 Å². The Morgan fingerprint density at radius 1 is 1.42 bits per heavy atom. The number of esters is 1. The predicted molar refractivity (Wildman–Crippen MR) is 92.1 cm³/mol. The highest BCUT2D eigenvalue weighted by atomic mass is 32.2. The van der Waals surface area contributed by atoms with Crippen molar-refractivity contribution >= 4 is 29.3 Å². The van der Waals surface area contributed by atoms with Gasteiger partial charge in [-0.15, -0.1) is 16.8 Å². The summed E-state index contributed by atoms with van der Waals surface area (Å²) in [6.45, 7) is 6.13. The summed E-state index contributed by atoms with van der Waals surface area (Å²) >= 11 is 1.29. The summed E-state index contributed by atoms with van der Waals surface area (Å²) in [5.41, 5.74) is 0.913. The molecule has 24 heavy (non-hydrogen) atoms. The fraction of sp³-hybridized carbons (Fsp3) is 0.250. The molecule has 0 unspecified atom stereocenters. The van der Waals surface area contributed by atoms with Crippen molar-refractivity contribution in [2.24, 2.45) is 0 Å². The molecule has 8 heteroatoms. The van der Waals surface area contributed by atoms with Crippen LogP contribution < -0.4 is 5.32 Å². The monoisotopic (exact) mass is 346 g/mol. The summed E-state index contributed by atoms with van der Waals surface area (Å²) in [6, 6.07) is 6.58. The zero-order valence-corrected chi connectivity index (χ0v) is 14.3. The number of nitrogens with zero attached hydrogens (tertiary/aromatic N) is 3. The van der Waals surface area contributed by atoms with Gasteiger partial charge in [-0.3, -0.25) is 4.79 Å². The summed E-state index contributed by atoms with van der Waals surface area (Å²) in [4.78, 5) is 23.6. The maximum Gasteiger partial charge on any atom is 0.337 e. The first kappa shape index (κ1) is 17.7. The highest BCUT2D eigenvalue weighted by Gasteiger charge is 2.12. The normalized spacial score (nSPS) is 10.2. The minimum Gasteiger partial charge on any atom is -0.465 e. The number of amides is 1. The van der Waals surface area contributed by atoms with Gasteiger partial charge in [0.1, 0.15) is 5.82 Å². The molecule has 7 nitrogen and oxygen atoms in total. The van der Waals surface area contributed by atoms with Crippen LogP contribution in [0.1, 0.15) is 16.2 Å². The summed E-state index contributed by atoms with van der Waals surface area (Å²) in [5.74, 6) is 0.294. The maximum absolute atomic E-state index is 12.1. The van der Waals surface area contributed by atoms with Crippen molar-refractivity contribution in [1.29, 1.82) is 0 Å². The van der Waals surface area contributed by atoms with Gasteiger partial charge >= 0.3 is 5.97 Å². The Labute approximate surface area is 144 Å². The lowest BCUT2D eigenvalue weighted by Crippen LogP contribution is -2.15. The van der Waals surface area contributed by atoms with E-state index >= 15 is 0 Å². The molecule has 0 atom stereocenters. The van der Waals surface area contributed by atoms with Gasteiger partial charge in [-0.2, -0.15) is 0 Å². The SMILES string of the molecule is C=CCn1c(C)nnc1SCC(=O)Nc1cccc(C(=O)OC)c1. The van der Waals surface area contributed by atoms with Gasteiger partial charge in [0.2, 0.25) is 5.91 Å². The lowest BCUT2D eigenvalue weighted by atomic mass is 10.2. The van der Waals surface area contributed by atoms with Crippen LogP contribution in [0.15, 0.2) is 42.1 Å². The van der Waals surface area contributed by atoms with E-state index in [0.29, 0.717) is 23.0 Å². The summed E-state index contributed by atoms with van der Waals surface area (Å²) in [7, 11) is 1.31. The third kappa shape index (κ3) is 4.45. The number of allylic oxidation sites excluding steroid dienone is 1. The molecule has 0 saturated carbocycles. The number of carbonyl (C=O) groups excluding carboxylic acids is 2. The van der Waals surface area contributed by atoms with E-state index in [-0.39, 0.29) is 11.7 Å². The number of methoxy groups -OCH3 is 1. The molecule has 1 heterocycles. The zero-order chi connectivity index (χ0) is 17.5. The molecule has 1 amide bonds. The largest absolute Gasteiger partial charge is 0.465 e. The molecule has 0 saturated heterocycles. The van der Waals surface area contributed by atoms with Crippen LogP contribution in [0, 0.1) is 6.92 Å². The molecule has 0 fully saturated rings. The van der Waals surface area contributed by atoms with Crippen LogP contribution in [0.2, 0.25) is 0 Å². The number of aryl methyl sites for hydroxylation is 1. The van der Waals surface area contributed by atoms with E-state index in [1.54, 1.807) is 30.3 Å². The number of nitrogens with one attached hydrogen (secondary N) is 1. The first-order valence-electron chi connectivity index (χ1n) is 7.17. The molecule has 2 aromatic rings. The van der Waals surface area contributed by atoms with Crippen molar-refractivity contribution in [3.63, 3.8) is 0 Å². The molecule has 0 aliphatic rings. The van der Waals surface area contributed by atoms with Gasteiger partial charge in [0.25, 0.3) is 0 Å². The molecular formula is C16H18N4O3S. The van der Waals surface area contributed by atoms with Gasteiger partial charge in [0, 0.05) is 12.2 Å². The molecule has 0 aliphatic carbocycles. The maximum atomic E-state index is 12.1. The van der Waals surface area contributed by atoms with Crippen molar-refractivity contribution in [2.45, 2.75) is 18.6 Å². The van der Waals surface area contributed by atoms with Gasteiger partial charge in [0.05, 0.1) is 18.4 Å². The topological polar surface area (TPSA) is 86.1 Å². The van der Waals surface area contributed by atoms with E-state index in [2.05, 4.69) is 26.8 Å². The number of hydrogen-bond acceptors (Lipinski definition) is 6. The van der Waals surface area contributed by atoms with Gasteiger partial charge in [0.15, 0.2) is 5.16 Å². The van der Waals surface area contributed by atoms with Crippen LogP contribution in [-0.2, 0) is 16.1 Å².